The van der Waals surface area contributed by atoms with E-state index in [9.17, 15) is 18.0 Å². The molecule has 0 fully saturated rings. The van der Waals surface area contributed by atoms with E-state index in [0.717, 1.165) is 17.7 Å². The maximum absolute atomic E-state index is 13.2. The van der Waals surface area contributed by atoms with Crippen LogP contribution in [0.1, 0.15) is 21.5 Å². The first-order valence-corrected chi connectivity index (χ1v) is 9.79. The number of carbonyl (C=O) groups excluding carboxylic acids is 1. The topological polar surface area (TPSA) is 61.2 Å². The van der Waals surface area contributed by atoms with E-state index in [4.69, 9.17) is 10.2 Å². The Morgan fingerprint density at radius 1 is 1.03 bits per heavy atom. The monoisotopic (exact) mass is 433 g/mol. The third-order valence-corrected chi connectivity index (χ3v) is 5.46. The second-order valence-corrected chi connectivity index (χ2v) is 7.47. The number of furan rings is 1. The molecular weight excluding hydrogens is 417 g/mol. The predicted molar refractivity (Wildman–Crippen MR) is 115 cm³/mol. The number of nitrogens with zero attached hydrogens (tertiary/aromatic N) is 1. The predicted octanol–water partition coefficient (Wildman–Crippen LogP) is 6.02. The average molecular weight is 433 g/mol. The van der Waals surface area contributed by atoms with Crippen LogP contribution in [0.15, 0.2) is 77.4 Å². The SMILES string of the molecule is NC(=O)c1cccc2c1c1[c]cc(-c3ccco3)cc1n2Cc1cccc(C(F)(F)F)c1. The number of hydrogen-bond acceptors (Lipinski definition) is 2. The van der Waals surface area contributed by atoms with Crippen molar-refractivity contribution in [3.8, 4) is 11.3 Å². The molecule has 7 heteroatoms. The molecule has 5 aromatic rings. The van der Waals surface area contributed by atoms with Crippen molar-refractivity contribution in [2.45, 2.75) is 12.7 Å². The summed E-state index contributed by atoms with van der Waals surface area (Å²) in [6.45, 7) is 0.168. The Hall–Kier alpha value is -4.00. The number of alkyl halides is 3. The van der Waals surface area contributed by atoms with Gasteiger partial charge >= 0.3 is 6.18 Å². The zero-order chi connectivity index (χ0) is 22.5. The van der Waals surface area contributed by atoms with Crippen molar-refractivity contribution in [3.05, 3.63) is 95.7 Å². The maximum atomic E-state index is 13.2. The van der Waals surface area contributed by atoms with Crippen molar-refractivity contribution in [2.75, 3.05) is 0 Å². The highest BCUT2D eigenvalue weighted by atomic mass is 19.4. The zero-order valence-corrected chi connectivity index (χ0v) is 16.6. The summed E-state index contributed by atoms with van der Waals surface area (Å²) in [6, 6.07) is 20.8. The second kappa shape index (κ2) is 7.30. The molecule has 0 aliphatic carbocycles. The zero-order valence-electron chi connectivity index (χ0n) is 16.6. The summed E-state index contributed by atoms with van der Waals surface area (Å²) in [5.41, 5.74) is 7.85. The van der Waals surface area contributed by atoms with Crippen LogP contribution in [-0.4, -0.2) is 10.5 Å². The first-order chi connectivity index (χ1) is 15.3. The molecule has 159 valence electrons. The quantitative estimate of drug-likeness (QED) is 0.377. The number of fused-ring (bicyclic) bond motifs is 3. The Morgan fingerprint density at radius 3 is 2.56 bits per heavy atom. The van der Waals surface area contributed by atoms with Crippen molar-refractivity contribution in [2.24, 2.45) is 5.73 Å². The molecule has 0 bridgehead atoms. The molecule has 2 N–H and O–H groups in total. The highest BCUT2D eigenvalue weighted by molar-refractivity contribution is 6.18. The Balaban J connectivity index is 1.77. The number of amides is 1. The van der Waals surface area contributed by atoms with E-state index in [-0.39, 0.29) is 6.54 Å². The van der Waals surface area contributed by atoms with E-state index in [1.54, 1.807) is 36.6 Å². The number of aromatic nitrogens is 1. The highest BCUT2D eigenvalue weighted by Crippen LogP contribution is 2.35. The van der Waals surface area contributed by atoms with Gasteiger partial charge < -0.3 is 14.7 Å². The van der Waals surface area contributed by atoms with Gasteiger partial charge in [0.05, 0.1) is 22.9 Å². The van der Waals surface area contributed by atoms with Gasteiger partial charge in [-0.05, 0) is 60.2 Å². The number of carbonyl (C=O) groups is 1. The fourth-order valence-electron chi connectivity index (χ4n) is 4.05. The summed E-state index contributed by atoms with van der Waals surface area (Å²) in [4.78, 5) is 12.1. The van der Waals surface area contributed by atoms with E-state index in [2.05, 4.69) is 6.07 Å². The third-order valence-electron chi connectivity index (χ3n) is 5.46. The third kappa shape index (κ3) is 3.32. The lowest BCUT2D eigenvalue weighted by molar-refractivity contribution is -0.137. The smallest absolute Gasteiger partial charge is 0.416 e. The van der Waals surface area contributed by atoms with Crippen LogP contribution >= 0.6 is 0 Å². The van der Waals surface area contributed by atoms with E-state index in [0.29, 0.717) is 38.7 Å². The van der Waals surface area contributed by atoms with Gasteiger partial charge in [-0.25, -0.2) is 0 Å². The van der Waals surface area contributed by atoms with Gasteiger partial charge in [0, 0.05) is 28.4 Å². The van der Waals surface area contributed by atoms with Gasteiger partial charge in [0.2, 0.25) is 5.91 Å². The van der Waals surface area contributed by atoms with Gasteiger partial charge in [0.15, 0.2) is 0 Å². The molecule has 0 aliphatic heterocycles. The normalized spacial score (nSPS) is 12.0. The molecule has 4 nitrogen and oxygen atoms in total. The lowest BCUT2D eigenvalue weighted by atomic mass is 10.0. The van der Waals surface area contributed by atoms with Gasteiger partial charge in [-0.15, -0.1) is 0 Å². The standard InChI is InChI=1S/C25H16F3N2O2/c26-25(27,28)17-5-1-4-15(12-17)14-30-20-7-2-6-19(24(29)31)23(20)18-10-9-16(13-21(18)30)22-8-3-11-32-22/h1-9,11-13H,14H2,(H2,29,31). The van der Waals surface area contributed by atoms with Crippen LogP contribution in [0.3, 0.4) is 0 Å². The van der Waals surface area contributed by atoms with Gasteiger partial charge in [0.1, 0.15) is 5.76 Å². The summed E-state index contributed by atoms with van der Waals surface area (Å²) in [7, 11) is 0. The number of halogens is 3. The van der Waals surface area contributed by atoms with Crippen LogP contribution < -0.4 is 5.73 Å². The molecular formula is C25H16F3N2O2. The van der Waals surface area contributed by atoms with Gasteiger partial charge in [-0.3, -0.25) is 4.79 Å². The lowest BCUT2D eigenvalue weighted by Gasteiger charge is -2.12. The average Bonchev–Trinajstić information content (AvgIpc) is 3.40. The Bertz CT molecular complexity index is 1460. The van der Waals surface area contributed by atoms with Gasteiger partial charge in [-0.2, -0.15) is 13.2 Å². The Labute approximate surface area is 180 Å². The summed E-state index contributed by atoms with van der Waals surface area (Å²) >= 11 is 0. The van der Waals surface area contributed by atoms with Crippen LogP contribution in [0, 0.1) is 6.07 Å². The molecule has 2 heterocycles. The molecule has 0 atom stereocenters. The minimum absolute atomic E-state index is 0.168. The number of nitrogens with two attached hydrogens (primary N) is 1. The molecule has 5 rings (SSSR count). The fourth-order valence-corrected chi connectivity index (χ4v) is 4.05. The number of hydrogen-bond donors (Lipinski definition) is 1. The minimum atomic E-state index is -4.43. The molecule has 0 unspecified atom stereocenters. The van der Waals surface area contributed by atoms with Crippen LogP contribution in [0.25, 0.3) is 33.1 Å². The van der Waals surface area contributed by atoms with Gasteiger partial charge in [-0.1, -0.05) is 18.2 Å². The van der Waals surface area contributed by atoms with Crippen molar-refractivity contribution >= 4 is 27.7 Å². The number of benzene rings is 3. The molecule has 0 aliphatic rings. The van der Waals surface area contributed by atoms with E-state index in [1.807, 2.05) is 22.8 Å². The molecule has 2 aromatic heterocycles. The molecule has 1 radical (unpaired) electrons. The van der Waals surface area contributed by atoms with Crippen LogP contribution in [-0.2, 0) is 12.7 Å². The summed E-state index contributed by atoms with van der Waals surface area (Å²) in [5.74, 6) is 0.0476. The van der Waals surface area contributed by atoms with Crippen LogP contribution in [0.4, 0.5) is 13.2 Å². The van der Waals surface area contributed by atoms with Crippen molar-refractivity contribution in [3.63, 3.8) is 0 Å². The molecule has 0 saturated carbocycles. The number of primary amides is 1. The first kappa shape index (κ1) is 19.9. The van der Waals surface area contributed by atoms with E-state index < -0.39 is 17.6 Å². The van der Waals surface area contributed by atoms with Crippen molar-refractivity contribution in [1.82, 2.24) is 4.57 Å². The van der Waals surface area contributed by atoms with E-state index >= 15 is 0 Å². The van der Waals surface area contributed by atoms with Crippen molar-refractivity contribution < 1.29 is 22.4 Å². The number of rotatable bonds is 4. The summed E-state index contributed by atoms with van der Waals surface area (Å²) in [5, 5.41) is 1.28. The highest BCUT2D eigenvalue weighted by Gasteiger charge is 2.30. The Kier molecular flexibility index (Phi) is 4.55. The summed E-state index contributed by atoms with van der Waals surface area (Å²) in [6.07, 6.45) is -2.88. The van der Waals surface area contributed by atoms with Gasteiger partial charge in [0.25, 0.3) is 0 Å². The summed E-state index contributed by atoms with van der Waals surface area (Å²) < 4.78 is 47.1. The fraction of sp³-hybridized carbons (Fsp3) is 0.0800. The molecule has 0 saturated heterocycles. The first-order valence-electron chi connectivity index (χ1n) is 9.79. The lowest BCUT2D eigenvalue weighted by Crippen LogP contribution is -2.11. The molecule has 32 heavy (non-hydrogen) atoms. The Morgan fingerprint density at radius 2 is 1.84 bits per heavy atom. The largest absolute Gasteiger partial charge is 0.464 e. The second-order valence-electron chi connectivity index (χ2n) is 7.47. The van der Waals surface area contributed by atoms with Crippen LogP contribution in [0.5, 0.6) is 0 Å². The molecule has 0 spiro atoms. The van der Waals surface area contributed by atoms with Crippen molar-refractivity contribution in [1.29, 1.82) is 0 Å². The maximum Gasteiger partial charge on any atom is 0.416 e. The van der Waals surface area contributed by atoms with Crippen LogP contribution in [0.2, 0.25) is 0 Å². The van der Waals surface area contributed by atoms with E-state index in [1.165, 1.54) is 6.07 Å². The molecule has 3 aromatic carbocycles. The minimum Gasteiger partial charge on any atom is -0.464 e. The molecule has 1 amide bonds.